The Morgan fingerprint density at radius 2 is 2.10 bits per heavy atom. The standard InChI is InChI=1S/C25H29N3O3/c1-2-8-19-9-3-6-12-22(19)31-18-16-28-21-11-5-4-10-20(21)27-24(28)14-15-26-25(29)23-13-7-17-30-23/h2-6,9-12,23H,1,7-8,13-18H2,(H,26,29). The third kappa shape index (κ3) is 5.14. The van der Waals surface area contributed by atoms with E-state index in [4.69, 9.17) is 14.5 Å². The first-order valence-corrected chi connectivity index (χ1v) is 10.9. The number of imidazole rings is 1. The van der Waals surface area contributed by atoms with Crippen molar-refractivity contribution in [2.75, 3.05) is 19.8 Å². The second-order valence-corrected chi connectivity index (χ2v) is 7.66. The van der Waals surface area contributed by atoms with Crippen LogP contribution in [-0.4, -0.2) is 41.3 Å². The highest BCUT2D eigenvalue weighted by atomic mass is 16.5. The molecule has 0 bridgehead atoms. The normalized spacial score (nSPS) is 15.8. The second-order valence-electron chi connectivity index (χ2n) is 7.66. The van der Waals surface area contributed by atoms with Crippen molar-refractivity contribution < 1.29 is 14.3 Å². The lowest BCUT2D eigenvalue weighted by atomic mass is 10.1. The molecule has 1 aromatic heterocycles. The van der Waals surface area contributed by atoms with Crippen molar-refractivity contribution in [1.82, 2.24) is 14.9 Å². The predicted molar refractivity (Wildman–Crippen MR) is 121 cm³/mol. The van der Waals surface area contributed by atoms with Crippen LogP contribution in [0.3, 0.4) is 0 Å². The quantitative estimate of drug-likeness (QED) is 0.509. The number of fused-ring (bicyclic) bond motifs is 1. The van der Waals surface area contributed by atoms with Gasteiger partial charge in [-0.25, -0.2) is 4.98 Å². The average molecular weight is 420 g/mol. The Hall–Kier alpha value is -3.12. The van der Waals surface area contributed by atoms with Gasteiger partial charge >= 0.3 is 0 Å². The minimum Gasteiger partial charge on any atom is -0.491 e. The molecule has 1 aliphatic heterocycles. The molecular formula is C25H29N3O3. The topological polar surface area (TPSA) is 65.4 Å². The van der Waals surface area contributed by atoms with Crippen LogP contribution < -0.4 is 10.1 Å². The highest BCUT2D eigenvalue weighted by Gasteiger charge is 2.23. The lowest BCUT2D eigenvalue weighted by Gasteiger charge is -2.14. The summed E-state index contributed by atoms with van der Waals surface area (Å²) < 4.78 is 13.7. The predicted octanol–water partition coefficient (Wildman–Crippen LogP) is 3.68. The molecule has 1 aliphatic rings. The highest BCUT2D eigenvalue weighted by Crippen LogP contribution is 2.20. The maximum absolute atomic E-state index is 12.2. The van der Waals surface area contributed by atoms with Gasteiger partial charge in [0.2, 0.25) is 5.91 Å². The Balaban J connectivity index is 1.41. The number of hydrogen-bond acceptors (Lipinski definition) is 4. The molecule has 0 aliphatic carbocycles. The first-order valence-electron chi connectivity index (χ1n) is 10.9. The van der Waals surface area contributed by atoms with E-state index in [-0.39, 0.29) is 12.0 Å². The van der Waals surface area contributed by atoms with Gasteiger partial charge < -0.3 is 19.4 Å². The van der Waals surface area contributed by atoms with Gasteiger partial charge in [0.25, 0.3) is 0 Å². The van der Waals surface area contributed by atoms with Crippen LogP contribution in [0.1, 0.15) is 24.2 Å². The molecule has 1 fully saturated rings. The van der Waals surface area contributed by atoms with Gasteiger partial charge in [0.05, 0.1) is 17.6 Å². The number of ether oxygens (including phenoxy) is 2. The maximum atomic E-state index is 12.2. The smallest absolute Gasteiger partial charge is 0.249 e. The molecule has 4 rings (SSSR count). The molecule has 1 saturated heterocycles. The molecule has 0 spiro atoms. The number of hydrogen-bond donors (Lipinski definition) is 1. The van der Waals surface area contributed by atoms with E-state index in [1.165, 1.54) is 0 Å². The maximum Gasteiger partial charge on any atom is 0.249 e. The Morgan fingerprint density at radius 1 is 1.26 bits per heavy atom. The van der Waals surface area contributed by atoms with Gasteiger partial charge in [0.1, 0.15) is 24.3 Å². The van der Waals surface area contributed by atoms with Gasteiger partial charge in [0, 0.05) is 19.6 Å². The minimum atomic E-state index is -0.303. The Kier molecular flexibility index (Phi) is 6.99. The van der Waals surface area contributed by atoms with E-state index in [9.17, 15) is 4.79 Å². The van der Waals surface area contributed by atoms with Crippen LogP contribution in [0.4, 0.5) is 0 Å². The minimum absolute atomic E-state index is 0.0256. The molecule has 2 heterocycles. The number of amides is 1. The number of aromatic nitrogens is 2. The molecule has 162 valence electrons. The summed E-state index contributed by atoms with van der Waals surface area (Å²) in [5, 5.41) is 2.99. The van der Waals surface area contributed by atoms with Gasteiger partial charge in [-0.3, -0.25) is 4.79 Å². The number of allylic oxidation sites excluding steroid dienone is 1. The number of para-hydroxylation sites is 3. The van der Waals surface area contributed by atoms with Crippen LogP contribution in [0.25, 0.3) is 11.0 Å². The molecule has 1 N–H and O–H groups in total. The monoisotopic (exact) mass is 419 g/mol. The molecule has 0 saturated carbocycles. The average Bonchev–Trinajstić information content (AvgIpc) is 3.44. The fraction of sp³-hybridized carbons (Fsp3) is 0.360. The summed E-state index contributed by atoms with van der Waals surface area (Å²) in [4.78, 5) is 17.0. The first-order chi connectivity index (χ1) is 15.3. The van der Waals surface area contributed by atoms with E-state index in [1.54, 1.807) is 0 Å². The van der Waals surface area contributed by atoms with Crippen LogP contribution in [-0.2, 0) is 28.9 Å². The van der Waals surface area contributed by atoms with Crippen molar-refractivity contribution in [1.29, 1.82) is 0 Å². The third-order valence-electron chi connectivity index (χ3n) is 5.51. The second kappa shape index (κ2) is 10.3. The summed E-state index contributed by atoms with van der Waals surface area (Å²) in [6.45, 7) is 6.24. The van der Waals surface area contributed by atoms with Gasteiger partial charge in [-0.2, -0.15) is 0 Å². The van der Waals surface area contributed by atoms with Crippen LogP contribution in [0.15, 0.2) is 61.2 Å². The van der Waals surface area contributed by atoms with E-state index in [0.29, 0.717) is 32.7 Å². The van der Waals surface area contributed by atoms with Crippen LogP contribution in [0.5, 0.6) is 5.75 Å². The summed E-state index contributed by atoms with van der Waals surface area (Å²) in [5.74, 6) is 1.80. The van der Waals surface area contributed by atoms with Crippen molar-refractivity contribution in [3.63, 3.8) is 0 Å². The zero-order valence-electron chi connectivity index (χ0n) is 17.8. The van der Waals surface area contributed by atoms with Crippen LogP contribution >= 0.6 is 0 Å². The van der Waals surface area contributed by atoms with E-state index in [0.717, 1.165) is 47.4 Å². The molecule has 1 amide bonds. The fourth-order valence-corrected chi connectivity index (χ4v) is 3.98. The molecule has 31 heavy (non-hydrogen) atoms. The number of benzene rings is 2. The first kappa shape index (κ1) is 21.1. The van der Waals surface area contributed by atoms with Crippen molar-refractivity contribution in [3.05, 3.63) is 72.6 Å². The van der Waals surface area contributed by atoms with Gasteiger partial charge in [-0.15, -0.1) is 6.58 Å². The molecule has 6 nitrogen and oxygen atoms in total. The number of carbonyl (C=O) groups excluding carboxylic acids is 1. The largest absolute Gasteiger partial charge is 0.491 e. The summed E-state index contributed by atoms with van der Waals surface area (Å²) in [7, 11) is 0. The summed E-state index contributed by atoms with van der Waals surface area (Å²) in [5.41, 5.74) is 3.16. The van der Waals surface area contributed by atoms with E-state index in [1.807, 2.05) is 42.5 Å². The highest BCUT2D eigenvalue weighted by molar-refractivity contribution is 5.81. The molecule has 0 radical (unpaired) electrons. The molecule has 2 aromatic carbocycles. The molecular weight excluding hydrogens is 390 g/mol. The van der Waals surface area contributed by atoms with Crippen molar-refractivity contribution in [2.45, 2.75) is 38.3 Å². The van der Waals surface area contributed by atoms with Crippen LogP contribution in [0, 0.1) is 0 Å². The summed E-state index contributed by atoms with van der Waals surface area (Å²) >= 11 is 0. The van der Waals surface area contributed by atoms with E-state index in [2.05, 4.69) is 28.6 Å². The van der Waals surface area contributed by atoms with E-state index >= 15 is 0 Å². The lowest BCUT2D eigenvalue weighted by molar-refractivity contribution is -0.130. The molecule has 1 unspecified atom stereocenters. The zero-order chi connectivity index (χ0) is 21.5. The van der Waals surface area contributed by atoms with Crippen LogP contribution in [0.2, 0.25) is 0 Å². The Morgan fingerprint density at radius 3 is 2.94 bits per heavy atom. The lowest BCUT2D eigenvalue weighted by Crippen LogP contribution is -2.35. The molecule has 6 heteroatoms. The summed E-state index contributed by atoms with van der Waals surface area (Å²) in [6.07, 6.45) is 4.76. The third-order valence-corrected chi connectivity index (χ3v) is 5.51. The van der Waals surface area contributed by atoms with Crippen molar-refractivity contribution in [3.8, 4) is 5.75 Å². The fourth-order valence-electron chi connectivity index (χ4n) is 3.98. The SMILES string of the molecule is C=CCc1ccccc1OCCn1c(CCNC(=O)C2CCCO2)nc2ccccc21. The number of rotatable bonds is 10. The van der Waals surface area contributed by atoms with Crippen molar-refractivity contribution >= 4 is 16.9 Å². The number of carbonyl (C=O) groups is 1. The summed E-state index contributed by atoms with van der Waals surface area (Å²) in [6, 6.07) is 16.1. The van der Waals surface area contributed by atoms with Gasteiger partial charge in [-0.1, -0.05) is 36.4 Å². The van der Waals surface area contributed by atoms with Gasteiger partial charge in [-0.05, 0) is 43.0 Å². The molecule has 1 atom stereocenters. The van der Waals surface area contributed by atoms with Gasteiger partial charge in [0.15, 0.2) is 0 Å². The number of nitrogens with one attached hydrogen (secondary N) is 1. The zero-order valence-corrected chi connectivity index (χ0v) is 17.8. The molecule has 3 aromatic rings. The Labute approximate surface area is 182 Å². The Bertz CT molecular complexity index is 1040. The van der Waals surface area contributed by atoms with E-state index < -0.39 is 0 Å². The number of nitrogens with zero attached hydrogens (tertiary/aromatic N) is 2. The van der Waals surface area contributed by atoms with Crippen molar-refractivity contribution in [2.24, 2.45) is 0 Å².